The Morgan fingerprint density at radius 3 is 2.33 bits per heavy atom. The highest BCUT2D eigenvalue weighted by Gasteiger charge is 2.16. The zero-order chi connectivity index (χ0) is 15.6. The molecule has 0 aliphatic rings. The van der Waals surface area contributed by atoms with Crippen LogP contribution >= 0.6 is 0 Å². The van der Waals surface area contributed by atoms with Crippen LogP contribution < -0.4 is 10.5 Å². The maximum Gasteiger partial charge on any atom is 0.168 e. The molecular formula is C18H22FNO. The molecule has 0 aromatic heterocycles. The van der Waals surface area contributed by atoms with Gasteiger partial charge in [0.25, 0.3) is 0 Å². The molecule has 2 N–H and O–H groups in total. The van der Waals surface area contributed by atoms with Crippen molar-refractivity contribution in [2.75, 3.05) is 7.11 Å². The summed E-state index contributed by atoms with van der Waals surface area (Å²) in [5, 5.41) is 0. The van der Waals surface area contributed by atoms with Crippen LogP contribution in [-0.4, -0.2) is 7.11 Å². The third-order valence-electron chi connectivity index (χ3n) is 3.81. The number of halogens is 1. The van der Waals surface area contributed by atoms with E-state index in [1.165, 1.54) is 12.7 Å². The molecule has 3 heteroatoms. The van der Waals surface area contributed by atoms with Crippen molar-refractivity contribution in [3.05, 3.63) is 64.0 Å². The number of ether oxygens (including phenoxy) is 1. The molecule has 21 heavy (non-hydrogen) atoms. The molecule has 1 atom stereocenters. The van der Waals surface area contributed by atoms with Crippen LogP contribution in [0.2, 0.25) is 0 Å². The second-order valence-electron chi connectivity index (χ2n) is 5.56. The van der Waals surface area contributed by atoms with Crippen molar-refractivity contribution in [1.29, 1.82) is 0 Å². The third kappa shape index (κ3) is 3.24. The number of hydrogen-bond donors (Lipinski definition) is 1. The maximum absolute atomic E-state index is 14.2. The van der Waals surface area contributed by atoms with Gasteiger partial charge < -0.3 is 10.5 Å². The first kappa shape index (κ1) is 15.5. The summed E-state index contributed by atoms with van der Waals surface area (Å²) in [4.78, 5) is 0. The number of rotatable bonds is 4. The first-order valence-electron chi connectivity index (χ1n) is 7.08. The first-order valence-corrected chi connectivity index (χ1v) is 7.08. The minimum Gasteiger partial charge on any atom is -0.494 e. The zero-order valence-electron chi connectivity index (χ0n) is 13.0. The number of methoxy groups -OCH3 is 1. The molecule has 0 saturated carbocycles. The van der Waals surface area contributed by atoms with E-state index in [2.05, 4.69) is 32.9 Å². The molecule has 0 heterocycles. The zero-order valence-corrected chi connectivity index (χ0v) is 13.0. The van der Waals surface area contributed by atoms with Crippen LogP contribution in [0.25, 0.3) is 0 Å². The van der Waals surface area contributed by atoms with Gasteiger partial charge in [0, 0.05) is 6.04 Å². The van der Waals surface area contributed by atoms with Crippen molar-refractivity contribution in [3.63, 3.8) is 0 Å². The van der Waals surface area contributed by atoms with Gasteiger partial charge in [0.15, 0.2) is 11.6 Å². The summed E-state index contributed by atoms with van der Waals surface area (Å²) in [5.74, 6) is -0.0603. The van der Waals surface area contributed by atoms with Gasteiger partial charge in [0.05, 0.1) is 7.11 Å². The van der Waals surface area contributed by atoms with Gasteiger partial charge in [0.1, 0.15) is 0 Å². The van der Waals surface area contributed by atoms with E-state index in [1.807, 2.05) is 0 Å². The van der Waals surface area contributed by atoms with Gasteiger partial charge in [-0.2, -0.15) is 0 Å². The Bertz CT molecular complexity index is 629. The molecule has 0 aliphatic carbocycles. The van der Waals surface area contributed by atoms with E-state index in [-0.39, 0.29) is 17.6 Å². The van der Waals surface area contributed by atoms with Gasteiger partial charge in [-0.05, 0) is 55.5 Å². The molecule has 2 rings (SSSR count). The summed E-state index contributed by atoms with van der Waals surface area (Å²) in [5.41, 5.74) is 11.5. The first-order chi connectivity index (χ1) is 9.93. The lowest BCUT2D eigenvalue weighted by Gasteiger charge is -2.19. The fourth-order valence-electron chi connectivity index (χ4n) is 2.99. The largest absolute Gasteiger partial charge is 0.494 e. The third-order valence-corrected chi connectivity index (χ3v) is 3.81. The van der Waals surface area contributed by atoms with Gasteiger partial charge in [-0.3, -0.25) is 0 Å². The molecule has 0 aliphatic heterocycles. The smallest absolute Gasteiger partial charge is 0.168 e. The molecule has 112 valence electrons. The summed E-state index contributed by atoms with van der Waals surface area (Å²) < 4.78 is 19.3. The predicted octanol–water partition coefficient (Wildman–Crippen LogP) is 4.00. The van der Waals surface area contributed by atoms with Crippen LogP contribution in [0.4, 0.5) is 4.39 Å². The number of benzene rings is 2. The number of nitrogens with two attached hydrogens (primary N) is 1. The quantitative estimate of drug-likeness (QED) is 0.922. The van der Waals surface area contributed by atoms with Gasteiger partial charge in [0.2, 0.25) is 0 Å². The van der Waals surface area contributed by atoms with Crippen LogP contribution in [0.15, 0.2) is 30.3 Å². The van der Waals surface area contributed by atoms with Crippen molar-refractivity contribution in [3.8, 4) is 5.75 Å². The molecule has 0 fully saturated rings. The Morgan fingerprint density at radius 2 is 1.76 bits per heavy atom. The fourth-order valence-corrected chi connectivity index (χ4v) is 2.99. The number of aryl methyl sites for hydroxylation is 3. The molecule has 0 bridgehead atoms. The summed E-state index contributed by atoms with van der Waals surface area (Å²) in [6, 6.07) is 9.17. The van der Waals surface area contributed by atoms with Gasteiger partial charge in [-0.1, -0.05) is 29.8 Å². The maximum atomic E-state index is 14.2. The monoisotopic (exact) mass is 287 g/mol. The second-order valence-corrected chi connectivity index (χ2v) is 5.56. The molecule has 0 spiro atoms. The molecule has 2 aromatic rings. The van der Waals surface area contributed by atoms with Crippen LogP contribution in [0.1, 0.15) is 33.9 Å². The van der Waals surface area contributed by atoms with Crippen molar-refractivity contribution in [1.82, 2.24) is 0 Å². The van der Waals surface area contributed by atoms with E-state index in [0.717, 1.165) is 16.7 Å². The second kappa shape index (κ2) is 6.27. The van der Waals surface area contributed by atoms with Crippen molar-refractivity contribution in [2.45, 2.75) is 33.2 Å². The number of hydrogen-bond acceptors (Lipinski definition) is 2. The summed E-state index contributed by atoms with van der Waals surface area (Å²) >= 11 is 0. The molecule has 0 saturated heterocycles. The molecule has 0 amide bonds. The lowest BCUT2D eigenvalue weighted by atomic mass is 9.91. The normalized spacial score (nSPS) is 12.3. The van der Waals surface area contributed by atoms with Crippen LogP contribution in [0.5, 0.6) is 5.75 Å². The van der Waals surface area contributed by atoms with Crippen LogP contribution in [0, 0.1) is 26.6 Å². The topological polar surface area (TPSA) is 35.2 Å². The minimum atomic E-state index is -0.321. The fraction of sp³-hybridized carbons (Fsp3) is 0.333. The average molecular weight is 287 g/mol. The Hall–Kier alpha value is -1.87. The molecule has 0 radical (unpaired) electrons. The van der Waals surface area contributed by atoms with Gasteiger partial charge in [-0.25, -0.2) is 4.39 Å². The van der Waals surface area contributed by atoms with E-state index >= 15 is 0 Å². The van der Waals surface area contributed by atoms with E-state index in [1.54, 1.807) is 18.2 Å². The minimum absolute atomic E-state index is 0.229. The van der Waals surface area contributed by atoms with E-state index in [4.69, 9.17) is 10.5 Å². The molecule has 1 unspecified atom stereocenters. The van der Waals surface area contributed by atoms with Crippen LogP contribution in [0.3, 0.4) is 0 Å². The van der Waals surface area contributed by atoms with Gasteiger partial charge >= 0.3 is 0 Å². The highest BCUT2D eigenvalue weighted by atomic mass is 19.1. The predicted molar refractivity (Wildman–Crippen MR) is 84.2 cm³/mol. The van der Waals surface area contributed by atoms with Gasteiger partial charge in [-0.15, -0.1) is 0 Å². The van der Waals surface area contributed by atoms with Crippen molar-refractivity contribution >= 4 is 0 Å². The van der Waals surface area contributed by atoms with E-state index in [9.17, 15) is 4.39 Å². The van der Waals surface area contributed by atoms with Crippen molar-refractivity contribution in [2.24, 2.45) is 5.73 Å². The lowest BCUT2D eigenvalue weighted by Crippen LogP contribution is -2.17. The Kier molecular flexibility index (Phi) is 4.63. The van der Waals surface area contributed by atoms with E-state index in [0.29, 0.717) is 12.0 Å². The summed E-state index contributed by atoms with van der Waals surface area (Å²) in [6.07, 6.45) is 0.452. The van der Waals surface area contributed by atoms with Crippen LogP contribution in [-0.2, 0) is 6.42 Å². The lowest BCUT2D eigenvalue weighted by molar-refractivity contribution is 0.383. The standard InChI is InChI=1S/C18H22FNO/c1-11-8-12(2)17(13(3)9-11)15(20)10-14-6-5-7-16(21-4)18(14)19/h5-9,15H,10,20H2,1-4H3. The Morgan fingerprint density at radius 1 is 1.14 bits per heavy atom. The Labute approximate surface area is 125 Å². The molecule has 2 nitrogen and oxygen atoms in total. The highest BCUT2D eigenvalue weighted by molar-refractivity contribution is 5.41. The Balaban J connectivity index is 2.33. The average Bonchev–Trinajstić information content (AvgIpc) is 2.40. The van der Waals surface area contributed by atoms with Crippen molar-refractivity contribution < 1.29 is 9.13 Å². The summed E-state index contributed by atoms with van der Waals surface area (Å²) in [7, 11) is 1.47. The van der Waals surface area contributed by atoms with E-state index < -0.39 is 0 Å². The SMILES string of the molecule is COc1cccc(CC(N)c2c(C)cc(C)cc2C)c1F. The summed E-state index contributed by atoms with van der Waals surface area (Å²) in [6.45, 7) is 6.17. The molecular weight excluding hydrogens is 265 g/mol. The molecule has 2 aromatic carbocycles. The highest BCUT2D eigenvalue weighted by Crippen LogP contribution is 2.27.